The number of ketones is 1. The summed E-state index contributed by atoms with van der Waals surface area (Å²) >= 11 is 5.85. The first-order valence-corrected chi connectivity index (χ1v) is 6.91. The van der Waals surface area contributed by atoms with Crippen LogP contribution in [0.2, 0.25) is 0 Å². The van der Waals surface area contributed by atoms with Crippen LogP contribution in [0, 0.1) is 13.8 Å². The minimum absolute atomic E-state index is 0.0434. The third kappa shape index (κ3) is 4.10. The van der Waals surface area contributed by atoms with Crippen molar-refractivity contribution in [2.75, 3.05) is 0 Å². The Balaban J connectivity index is 2.74. The van der Waals surface area contributed by atoms with Crippen molar-refractivity contribution < 1.29 is 9.59 Å². The van der Waals surface area contributed by atoms with Crippen molar-refractivity contribution in [2.24, 2.45) is 5.73 Å². The van der Waals surface area contributed by atoms with Crippen molar-refractivity contribution in [2.45, 2.75) is 52.0 Å². The number of primary amides is 1. The Kier molecular flexibility index (Phi) is 5.60. The Morgan fingerprint density at radius 3 is 2.53 bits per heavy atom. The normalized spacial score (nSPS) is 12.4. The van der Waals surface area contributed by atoms with Crippen LogP contribution in [0.5, 0.6) is 0 Å². The van der Waals surface area contributed by atoms with Crippen molar-refractivity contribution in [3.63, 3.8) is 0 Å². The molecule has 0 aliphatic carbocycles. The van der Waals surface area contributed by atoms with Crippen LogP contribution >= 0.6 is 11.6 Å². The number of alkyl halides is 1. The van der Waals surface area contributed by atoms with Crippen LogP contribution < -0.4 is 5.73 Å². The van der Waals surface area contributed by atoms with Crippen LogP contribution in [0.3, 0.4) is 0 Å². The highest BCUT2D eigenvalue weighted by Gasteiger charge is 2.18. The Morgan fingerprint density at radius 2 is 2.00 bits per heavy atom. The number of amides is 1. The van der Waals surface area contributed by atoms with E-state index in [-0.39, 0.29) is 11.7 Å². The summed E-state index contributed by atoms with van der Waals surface area (Å²) in [5.41, 5.74) is 7.77. The summed E-state index contributed by atoms with van der Waals surface area (Å²) in [5.74, 6) is -0.314. The van der Waals surface area contributed by atoms with E-state index in [4.69, 9.17) is 17.3 Å². The van der Waals surface area contributed by atoms with Gasteiger partial charge in [-0.2, -0.15) is 0 Å². The number of unbranched alkanes of at least 4 members (excludes halogenated alkanes) is 1. The molecule has 0 spiro atoms. The summed E-state index contributed by atoms with van der Waals surface area (Å²) in [4.78, 5) is 22.6. The van der Waals surface area contributed by atoms with Crippen molar-refractivity contribution in [1.82, 2.24) is 4.57 Å². The first-order chi connectivity index (χ1) is 8.84. The third-order valence-electron chi connectivity index (χ3n) is 3.26. The Hall–Kier alpha value is -1.29. The van der Waals surface area contributed by atoms with E-state index in [0.717, 1.165) is 30.8 Å². The third-order valence-corrected chi connectivity index (χ3v) is 3.45. The van der Waals surface area contributed by atoms with Gasteiger partial charge in [0.25, 0.3) is 0 Å². The molecular formula is C14H21ClN2O2. The minimum atomic E-state index is -0.510. The molecule has 0 aliphatic rings. The van der Waals surface area contributed by atoms with E-state index < -0.39 is 5.38 Å². The van der Waals surface area contributed by atoms with Gasteiger partial charge in [0, 0.05) is 29.9 Å². The lowest BCUT2D eigenvalue weighted by Crippen LogP contribution is -2.13. The second-order valence-corrected chi connectivity index (χ2v) is 5.49. The number of nitrogens with zero attached hydrogens (tertiary/aromatic N) is 1. The van der Waals surface area contributed by atoms with Crippen LogP contribution in [0.15, 0.2) is 6.07 Å². The van der Waals surface area contributed by atoms with Crippen molar-refractivity contribution in [3.05, 3.63) is 23.0 Å². The Morgan fingerprint density at radius 1 is 1.37 bits per heavy atom. The van der Waals surface area contributed by atoms with Crippen molar-refractivity contribution in [1.29, 1.82) is 0 Å². The monoisotopic (exact) mass is 284 g/mol. The van der Waals surface area contributed by atoms with Gasteiger partial charge in [-0.15, -0.1) is 11.6 Å². The largest absolute Gasteiger partial charge is 0.370 e. The fourth-order valence-electron chi connectivity index (χ4n) is 2.18. The van der Waals surface area contributed by atoms with Crippen molar-refractivity contribution >= 4 is 23.3 Å². The highest BCUT2D eigenvalue weighted by molar-refractivity contribution is 6.33. The van der Waals surface area contributed by atoms with Crippen LogP contribution in [-0.4, -0.2) is 21.6 Å². The molecule has 0 aliphatic heterocycles. The number of Topliss-reactive ketones (excluding diaryl/α,β-unsaturated/α-hetero) is 1. The molecule has 1 amide bonds. The van der Waals surface area contributed by atoms with E-state index in [1.54, 1.807) is 6.92 Å². The summed E-state index contributed by atoms with van der Waals surface area (Å²) < 4.78 is 2.09. The number of halogens is 1. The van der Waals surface area contributed by atoms with Crippen LogP contribution in [-0.2, 0) is 11.3 Å². The van der Waals surface area contributed by atoms with Gasteiger partial charge in [-0.1, -0.05) is 0 Å². The summed E-state index contributed by atoms with van der Waals surface area (Å²) in [6.07, 6.45) is 2.04. The minimum Gasteiger partial charge on any atom is -0.370 e. The van der Waals surface area contributed by atoms with Gasteiger partial charge >= 0.3 is 0 Å². The number of hydrogen-bond donors (Lipinski definition) is 1. The molecule has 1 aromatic rings. The molecule has 1 aromatic heterocycles. The maximum absolute atomic E-state index is 11.9. The number of carbonyl (C=O) groups excluding carboxylic acids is 2. The average molecular weight is 285 g/mol. The number of aryl methyl sites for hydroxylation is 1. The first kappa shape index (κ1) is 15.8. The highest BCUT2D eigenvalue weighted by atomic mass is 35.5. The molecule has 1 rings (SSSR count). The molecule has 19 heavy (non-hydrogen) atoms. The SMILES string of the molecule is Cc1cc(C(=O)C(C)Cl)c(C)n1CCCCC(N)=O. The molecule has 0 aromatic carbocycles. The molecule has 0 fully saturated rings. The number of rotatable bonds is 7. The first-order valence-electron chi connectivity index (χ1n) is 6.48. The second kappa shape index (κ2) is 6.75. The van der Waals surface area contributed by atoms with E-state index in [1.165, 1.54) is 0 Å². The van der Waals surface area contributed by atoms with Crippen LogP contribution in [0.1, 0.15) is 47.9 Å². The molecule has 5 heteroatoms. The fraction of sp³-hybridized carbons (Fsp3) is 0.571. The molecule has 1 atom stereocenters. The van der Waals surface area contributed by atoms with E-state index in [2.05, 4.69) is 4.57 Å². The topological polar surface area (TPSA) is 65.1 Å². The molecule has 1 unspecified atom stereocenters. The number of hydrogen-bond acceptors (Lipinski definition) is 2. The molecule has 106 valence electrons. The van der Waals surface area contributed by atoms with E-state index in [9.17, 15) is 9.59 Å². The maximum Gasteiger partial charge on any atom is 0.217 e. The Labute approximate surface area is 118 Å². The Bertz CT molecular complexity index is 478. The number of nitrogens with two attached hydrogens (primary N) is 1. The van der Waals surface area contributed by atoms with Crippen LogP contribution in [0.4, 0.5) is 0 Å². The summed E-state index contributed by atoms with van der Waals surface area (Å²) in [5, 5.41) is -0.510. The quantitative estimate of drug-likeness (QED) is 0.475. The zero-order valence-electron chi connectivity index (χ0n) is 11.7. The van der Waals surface area contributed by atoms with Gasteiger partial charge in [-0.25, -0.2) is 0 Å². The molecule has 2 N–H and O–H groups in total. The maximum atomic E-state index is 11.9. The van der Waals surface area contributed by atoms with Gasteiger partial charge in [0.1, 0.15) is 0 Å². The fourth-order valence-corrected chi connectivity index (χ4v) is 2.30. The average Bonchev–Trinajstić information content (AvgIpc) is 2.60. The van der Waals surface area contributed by atoms with Crippen molar-refractivity contribution in [3.8, 4) is 0 Å². The van der Waals surface area contributed by atoms with Gasteiger partial charge in [-0.3, -0.25) is 9.59 Å². The van der Waals surface area contributed by atoms with Crippen LogP contribution in [0.25, 0.3) is 0 Å². The summed E-state index contributed by atoms with van der Waals surface area (Å²) in [7, 11) is 0. The smallest absolute Gasteiger partial charge is 0.217 e. The van der Waals surface area contributed by atoms with E-state index in [0.29, 0.717) is 12.0 Å². The van der Waals surface area contributed by atoms with Gasteiger partial charge in [-0.05, 0) is 39.7 Å². The second-order valence-electron chi connectivity index (χ2n) is 4.84. The summed E-state index contributed by atoms with van der Waals surface area (Å²) in [6.45, 7) is 6.36. The molecule has 0 bridgehead atoms. The van der Waals surface area contributed by atoms with Gasteiger partial charge in [0.05, 0.1) is 5.38 Å². The zero-order valence-corrected chi connectivity index (χ0v) is 12.5. The van der Waals surface area contributed by atoms with Gasteiger partial charge < -0.3 is 10.3 Å². The number of carbonyl (C=O) groups is 2. The van der Waals surface area contributed by atoms with Gasteiger partial charge in [0.15, 0.2) is 5.78 Å². The van der Waals surface area contributed by atoms with Gasteiger partial charge in [0.2, 0.25) is 5.91 Å². The number of aromatic nitrogens is 1. The molecule has 0 radical (unpaired) electrons. The predicted molar refractivity (Wildman–Crippen MR) is 76.6 cm³/mol. The molecule has 0 saturated carbocycles. The lowest BCUT2D eigenvalue weighted by Gasteiger charge is -2.09. The molecule has 1 heterocycles. The lowest BCUT2D eigenvalue weighted by atomic mass is 10.1. The lowest BCUT2D eigenvalue weighted by molar-refractivity contribution is -0.118. The zero-order chi connectivity index (χ0) is 14.6. The van der Waals surface area contributed by atoms with E-state index in [1.807, 2.05) is 19.9 Å². The molecule has 4 nitrogen and oxygen atoms in total. The summed E-state index contributed by atoms with van der Waals surface area (Å²) in [6, 6.07) is 1.88. The molecular weight excluding hydrogens is 264 g/mol. The highest BCUT2D eigenvalue weighted by Crippen LogP contribution is 2.19. The van der Waals surface area contributed by atoms with E-state index >= 15 is 0 Å². The predicted octanol–water partition coefficient (Wildman–Crippen LogP) is 2.57. The standard InChI is InChI=1S/C14H21ClN2O2/c1-9-8-12(14(19)10(2)15)11(3)17(9)7-5-4-6-13(16)18/h8,10H,4-7H2,1-3H3,(H2,16,18). The molecule has 0 saturated heterocycles.